The van der Waals surface area contributed by atoms with Crippen molar-refractivity contribution in [2.24, 2.45) is 5.92 Å². The Morgan fingerprint density at radius 2 is 2.33 bits per heavy atom. The van der Waals surface area contributed by atoms with Crippen molar-refractivity contribution in [3.63, 3.8) is 0 Å². The molecule has 1 aromatic heterocycles. The molecule has 1 aliphatic rings. The number of hydrogen-bond acceptors (Lipinski definition) is 4. The average molecular weight is 292 g/mol. The van der Waals surface area contributed by atoms with Gasteiger partial charge in [0.05, 0.1) is 0 Å². The molecule has 0 radical (unpaired) electrons. The van der Waals surface area contributed by atoms with Crippen LogP contribution in [-0.2, 0) is 6.42 Å². The van der Waals surface area contributed by atoms with E-state index in [1.807, 2.05) is 6.92 Å². The molecule has 2 atom stereocenters. The number of aryl methyl sites for hydroxylation is 1. The van der Waals surface area contributed by atoms with Gasteiger partial charge >= 0.3 is 0 Å². The van der Waals surface area contributed by atoms with Gasteiger partial charge in [-0.2, -0.15) is 0 Å². The Kier molecular flexibility index (Phi) is 5.79. The lowest BCUT2D eigenvalue weighted by atomic mass is 9.91. The van der Waals surface area contributed by atoms with Crippen LogP contribution in [0.4, 0.5) is 5.82 Å². The first kappa shape index (κ1) is 16.0. The van der Waals surface area contributed by atoms with E-state index in [0.29, 0.717) is 12.0 Å². The Balaban J connectivity index is 2.06. The Morgan fingerprint density at radius 3 is 3.05 bits per heavy atom. The standard InChI is InChI=1S/C16H28N4O/c1-4-8-17-12(3)13-7-6-9-20(11-13)15-10-16(21)19-14(5-2)18-15/h10,12-13,17H,4-9,11H2,1-3H3,(H,18,19,21). The summed E-state index contributed by atoms with van der Waals surface area (Å²) in [5.41, 5.74) is -0.0453. The van der Waals surface area contributed by atoms with Crippen LogP contribution in [0.15, 0.2) is 10.9 Å². The van der Waals surface area contributed by atoms with E-state index in [1.165, 1.54) is 12.8 Å². The second kappa shape index (κ2) is 7.59. The monoisotopic (exact) mass is 292 g/mol. The molecule has 1 aliphatic heterocycles. The molecular formula is C16H28N4O. The summed E-state index contributed by atoms with van der Waals surface area (Å²) >= 11 is 0. The van der Waals surface area contributed by atoms with E-state index >= 15 is 0 Å². The van der Waals surface area contributed by atoms with E-state index in [-0.39, 0.29) is 5.56 Å². The minimum absolute atomic E-state index is 0.0453. The van der Waals surface area contributed by atoms with Gasteiger partial charge in [0.25, 0.3) is 5.56 Å². The predicted molar refractivity (Wildman–Crippen MR) is 86.9 cm³/mol. The van der Waals surface area contributed by atoms with Crippen molar-refractivity contribution in [3.05, 3.63) is 22.2 Å². The zero-order valence-electron chi connectivity index (χ0n) is 13.5. The number of rotatable bonds is 6. The van der Waals surface area contributed by atoms with Crippen LogP contribution < -0.4 is 15.8 Å². The van der Waals surface area contributed by atoms with E-state index in [4.69, 9.17) is 0 Å². The lowest BCUT2D eigenvalue weighted by Crippen LogP contribution is -2.45. The molecule has 0 amide bonds. The fraction of sp³-hybridized carbons (Fsp3) is 0.750. The molecule has 5 heteroatoms. The first-order valence-electron chi connectivity index (χ1n) is 8.22. The third-order valence-electron chi connectivity index (χ3n) is 4.32. The molecule has 0 saturated carbocycles. The fourth-order valence-electron chi connectivity index (χ4n) is 2.99. The van der Waals surface area contributed by atoms with E-state index in [1.54, 1.807) is 6.07 Å². The molecule has 2 N–H and O–H groups in total. The SMILES string of the molecule is CCCNC(C)C1CCCN(c2cc(=O)[nH]c(CC)n2)C1. The van der Waals surface area contributed by atoms with Crippen LogP contribution in [0, 0.1) is 5.92 Å². The lowest BCUT2D eigenvalue weighted by molar-refractivity contribution is 0.320. The summed E-state index contributed by atoms with van der Waals surface area (Å²) in [6.07, 6.45) is 4.34. The highest BCUT2D eigenvalue weighted by Crippen LogP contribution is 2.23. The van der Waals surface area contributed by atoms with Gasteiger partial charge in [0.2, 0.25) is 0 Å². The molecular weight excluding hydrogens is 264 g/mol. The quantitative estimate of drug-likeness (QED) is 0.841. The molecule has 1 saturated heterocycles. The molecule has 5 nitrogen and oxygen atoms in total. The van der Waals surface area contributed by atoms with Crippen LogP contribution in [0.25, 0.3) is 0 Å². The first-order valence-corrected chi connectivity index (χ1v) is 8.22. The third kappa shape index (κ3) is 4.30. The molecule has 118 valence electrons. The summed E-state index contributed by atoms with van der Waals surface area (Å²) in [4.78, 5) is 21.4. The molecule has 0 aromatic carbocycles. The zero-order valence-corrected chi connectivity index (χ0v) is 13.5. The van der Waals surface area contributed by atoms with E-state index in [9.17, 15) is 4.79 Å². The van der Waals surface area contributed by atoms with E-state index in [0.717, 1.165) is 44.1 Å². The molecule has 1 fully saturated rings. The highest BCUT2D eigenvalue weighted by atomic mass is 16.1. The Labute approximate surface area is 127 Å². The first-order chi connectivity index (χ1) is 10.1. The largest absolute Gasteiger partial charge is 0.356 e. The molecule has 2 unspecified atom stereocenters. The number of anilines is 1. The van der Waals surface area contributed by atoms with Crippen molar-refractivity contribution in [2.75, 3.05) is 24.5 Å². The van der Waals surface area contributed by atoms with Crippen LogP contribution in [0.2, 0.25) is 0 Å². The topological polar surface area (TPSA) is 61.0 Å². The normalized spacial score (nSPS) is 20.5. The summed E-state index contributed by atoms with van der Waals surface area (Å²) in [6, 6.07) is 2.14. The van der Waals surface area contributed by atoms with E-state index in [2.05, 4.69) is 34.0 Å². The van der Waals surface area contributed by atoms with Crippen molar-refractivity contribution in [1.29, 1.82) is 0 Å². The van der Waals surface area contributed by atoms with Crippen molar-refractivity contribution in [3.8, 4) is 0 Å². The number of aromatic nitrogens is 2. The second-order valence-electron chi connectivity index (χ2n) is 5.99. The van der Waals surface area contributed by atoms with Crippen LogP contribution in [-0.4, -0.2) is 35.6 Å². The molecule has 2 rings (SSSR count). The number of hydrogen-bond donors (Lipinski definition) is 2. The summed E-state index contributed by atoms with van der Waals surface area (Å²) < 4.78 is 0. The lowest BCUT2D eigenvalue weighted by Gasteiger charge is -2.36. The third-order valence-corrected chi connectivity index (χ3v) is 4.32. The van der Waals surface area contributed by atoms with Gasteiger partial charge in [-0.1, -0.05) is 13.8 Å². The maximum atomic E-state index is 11.7. The van der Waals surface area contributed by atoms with Gasteiger partial charge in [-0.3, -0.25) is 4.79 Å². The highest BCUT2D eigenvalue weighted by Gasteiger charge is 2.25. The van der Waals surface area contributed by atoms with Crippen LogP contribution >= 0.6 is 0 Å². The average Bonchev–Trinajstić information content (AvgIpc) is 2.52. The zero-order chi connectivity index (χ0) is 15.2. The van der Waals surface area contributed by atoms with E-state index < -0.39 is 0 Å². The number of nitrogens with zero attached hydrogens (tertiary/aromatic N) is 2. The molecule has 21 heavy (non-hydrogen) atoms. The van der Waals surface area contributed by atoms with Crippen molar-refractivity contribution < 1.29 is 0 Å². The number of piperidine rings is 1. The molecule has 1 aromatic rings. The maximum absolute atomic E-state index is 11.7. The fourth-order valence-corrected chi connectivity index (χ4v) is 2.99. The Hall–Kier alpha value is -1.36. The van der Waals surface area contributed by atoms with Gasteiger partial charge in [0.1, 0.15) is 11.6 Å². The van der Waals surface area contributed by atoms with Crippen LogP contribution in [0.3, 0.4) is 0 Å². The van der Waals surface area contributed by atoms with Crippen molar-refractivity contribution >= 4 is 5.82 Å². The highest BCUT2D eigenvalue weighted by molar-refractivity contribution is 5.38. The van der Waals surface area contributed by atoms with Gasteiger partial charge in [-0.05, 0) is 38.6 Å². The molecule has 0 bridgehead atoms. The molecule has 0 aliphatic carbocycles. The number of aromatic amines is 1. The van der Waals surface area contributed by atoms with Crippen molar-refractivity contribution in [1.82, 2.24) is 15.3 Å². The van der Waals surface area contributed by atoms with Crippen LogP contribution in [0.1, 0.15) is 45.9 Å². The molecule has 0 spiro atoms. The second-order valence-corrected chi connectivity index (χ2v) is 5.99. The van der Waals surface area contributed by atoms with Gasteiger partial charge in [-0.25, -0.2) is 4.98 Å². The summed E-state index contributed by atoms with van der Waals surface area (Å²) in [7, 11) is 0. The summed E-state index contributed by atoms with van der Waals surface area (Å²) in [5.74, 6) is 2.23. The van der Waals surface area contributed by atoms with Crippen LogP contribution in [0.5, 0.6) is 0 Å². The minimum Gasteiger partial charge on any atom is -0.356 e. The Bertz CT molecular complexity index is 499. The van der Waals surface area contributed by atoms with Gasteiger partial charge in [0, 0.05) is 31.6 Å². The van der Waals surface area contributed by atoms with Gasteiger partial charge in [-0.15, -0.1) is 0 Å². The summed E-state index contributed by atoms with van der Waals surface area (Å²) in [5, 5.41) is 3.59. The maximum Gasteiger partial charge on any atom is 0.252 e. The van der Waals surface area contributed by atoms with Crippen molar-refractivity contribution in [2.45, 2.75) is 52.5 Å². The predicted octanol–water partition coefficient (Wildman–Crippen LogP) is 1.94. The molecule has 2 heterocycles. The van der Waals surface area contributed by atoms with Gasteiger partial charge < -0.3 is 15.2 Å². The Morgan fingerprint density at radius 1 is 1.52 bits per heavy atom. The number of H-pyrrole nitrogens is 1. The smallest absolute Gasteiger partial charge is 0.252 e. The number of nitrogens with one attached hydrogen (secondary N) is 2. The summed E-state index contributed by atoms with van der Waals surface area (Å²) in [6.45, 7) is 9.53. The minimum atomic E-state index is -0.0453. The van der Waals surface area contributed by atoms with Gasteiger partial charge in [0.15, 0.2) is 0 Å².